The largest absolute Gasteiger partial charge is 0.490 e. The zero-order valence-electron chi connectivity index (χ0n) is 14.9. The fourth-order valence-corrected chi connectivity index (χ4v) is 2.95. The summed E-state index contributed by atoms with van der Waals surface area (Å²) in [5.41, 5.74) is 3.85. The Morgan fingerprint density at radius 2 is 2.04 bits per heavy atom. The van der Waals surface area contributed by atoms with Gasteiger partial charge in [0, 0.05) is 12.6 Å². The average Bonchev–Trinajstić information content (AvgIpc) is 2.67. The monoisotopic (exact) mass is 390 g/mol. The van der Waals surface area contributed by atoms with E-state index in [4.69, 9.17) is 15.2 Å². The van der Waals surface area contributed by atoms with Crippen LogP contribution < -0.4 is 16.0 Å². The number of primary amides is 1. The van der Waals surface area contributed by atoms with Crippen molar-refractivity contribution in [3.05, 3.63) is 58.3 Å². The predicted molar refractivity (Wildman–Crippen MR) is 95.2 cm³/mol. The summed E-state index contributed by atoms with van der Waals surface area (Å²) in [6.45, 7) is 0.410. The van der Waals surface area contributed by atoms with Crippen LogP contribution in [-0.2, 0) is 9.53 Å². The van der Waals surface area contributed by atoms with E-state index >= 15 is 0 Å². The Morgan fingerprint density at radius 1 is 1.29 bits per heavy atom. The molecule has 28 heavy (non-hydrogen) atoms. The van der Waals surface area contributed by atoms with Gasteiger partial charge in [-0.2, -0.15) is 5.10 Å². The van der Waals surface area contributed by atoms with E-state index in [1.54, 1.807) is 0 Å². The van der Waals surface area contributed by atoms with Crippen LogP contribution in [0.4, 0.5) is 4.39 Å². The SMILES string of the molecule is NC(=O)C[C@@]1(COc2ccc(F)cc2)CN(C(=O)c2ccc(=O)[nH]n2)CCO1. The minimum Gasteiger partial charge on any atom is -0.490 e. The third-order valence-corrected chi connectivity index (χ3v) is 4.25. The molecule has 0 radical (unpaired) electrons. The molecule has 1 aliphatic rings. The van der Waals surface area contributed by atoms with Gasteiger partial charge in [-0.25, -0.2) is 9.49 Å². The van der Waals surface area contributed by atoms with Gasteiger partial charge in [0.2, 0.25) is 5.91 Å². The first kappa shape index (κ1) is 19.5. The molecule has 2 amide bonds. The Balaban J connectivity index is 1.76. The number of carbonyl (C=O) groups is 2. The molecule has 3 N–H and O–H groups in total. The number of nitrogens with two attached hydrogens (primary N) is 1. The second-order valence-electron chi connectivity index (χ2n) is 6.45. The van der Waals surface area contributed by atoms with E-state index in [0.717, 1.165) is 0 Å². The number of morpholine rings is 1. The van der Waals surface area contributed by atoms with Gasteiger partial charge in [-0.05, 0) is 30.3 Å². The summed E-state index contributed by atoms with van der Waals surface area (Å²) in [5.74, 6) is -1.05. The van der Waals surface area contributed by atoms with Gasteiger partial charge < -0.3 is 20.1 Å². The van der Waals surface area contributed by atoms with Crippen molar-refractivity contribution in [2.45, 2.75) is 12.0 Å². The highest BCUT2D eigenvalue weighted by Gasteiger charge is 2.41. The number of aromatic amines is 1. The first-order valence-corrected chi connectivity index (χ1v) is 8.53. The van der Waals surface area contributed by atoms with Gasteiger partial charge in [0.15, 0.2) is 0 Å². The van der Waals surface area contributed by atoms with Gasteiger partial charge in [-0.3, -0.25) is 14.4 Å². The minimum atomic E-state index is -1.16. The first-order chi connectivity index (χ1) is 13.4. The molecule has 1 aromatic heterocycles. The van der Waals surface area contributed by atoms with E-state index in [0.29, 0.717) is 5.75 Å². The topological polar surface area (TPSA) is 128 Å². The lowest BCUT2D eigenvalue weighted by molar-refractivity contribution is -0.142. The molecular weight excluding hydrogens is 371 g/mol. The number of nitrogens with one attached hydrogen (secondary N) is 1. The number of ether oxygens (including phenoxy) is 2. The maximum atomic E-state index is 13.0. The van der Waals surface area contributed by atoms with Crippen LogP contribution in [0.15, 0.2) is 41.2 Å². The molecule has 1 aliphatic heterocycles. The Bertz CT molecular complexity index is 896. The van der Waals surface area contributed by atoms with Crippen LogP contribution in [0.2, 0.25) is 0 Å². The van der Waals surface area contributed by atoms with Crippen LogP contribution in [0.3, 0.4) is 0 Å². The molecule has 0 aliphatic carbocycles. The zero-order chi connectivity index (χ0) is 20.1. The zero-order valence-corrected chi connectivity index (χ0v) is 14.9. The maximum Gasteiger partial charge on any atom is 0.274 e. The van der Waals surface area contributed by atoms with E-state index < -0.39 is 28.8 Å². The van der Waals surface area contributed by atoms with Crippen molar-refractivity contribution < 1.29 is 23.5 Å². The van der Waals surface area contributed by atoms with Crippen molar-refractivity contribution in [3.63, 3.8) is 0 Å². The van der Waals surface area contributed by atoms with Crippen molar-refractivity contribution >= 4 is 11.8 Å². The second-order valence-corrected chi connectivity index (χ2v) is 6.45. The third kappa shape index (κ3) is 4.71. The molecule has 10 heteroatoms. The summed E-state index contributed by atoms with van der Waals surface area (Å²) in [6, 6.07) is 7.91. The molecule has 148 valence electrons. The van der Waals surface area contributed by atoms with Crippen molar-refractivity contribution in [2.24, 2.45) is 5.73 Å². The highest BCUT2D eigenvalue weighted by atomic mass is 19.1. The first-order valence-electron chi connectivity index (χ1n) is 8.53. The van der Waals surface area contributed by atoms with Gasteiger partial charge in [-0.1, -0.05) is 0 Å². The number of hydrogen-bond acceptors (Lipinski definition) is 6. The fraction of sp³-hybridized carbons (Fsp3) is 0.333. The number of benzene rings is 1. The molecule has 9 nitrogen and oxygen atoms in total. The highest BCUT2D eigenvalue weighted by Crippen LogP contribution is 2.25. The molecule has 3 rings (SSSR count). The number of halogens is 1. The summed E-state index contributed by atoms with van der Waals surface area (Å²) in [4.78, 5) is 36.9. The smallest absolute Gasteiger partial charge is 0.274 e. The molecular formula is C18H19FN4O5. The standard InChI is InChI=1S/C18H19FN4O5/c19-12-1-3-13(4-2-12)27-11-18(9-15(20)24)10-23(7-8-28-18)17(26)14-5-6-16(25)22-21-14/h1-6H,7-11H2,(H2,20,24)(H,22,25)/t18-/m0/s1. The van der Waals surface area contributed by atoms with Gasteiger partial charge >= 0.3 is 0 Å². The summed E-state index contributed by atoms with van der Waals surface area (Å²) in [6.07, 6.45) is -0.170. The fourth-order valence-electron chi connectivity index (χ4n) is 2.95. The van der Waals surface area contributed by atoms with Gasteiger partial charge in [0.1, 0.15) is 29.5 Å². The summed E-state index contributed by atoms with van der Waals surface area (Å²) in [5, 5.41) is 5.95. The molecule has 0 bridgehead atoms. The van der Waals surface area contributed by atoms with Crippen molar-refractivity contribution in [1.29, 1.82) is 0 Å². The lowest BCUT2D eigenvalue weighted by atomic mass is 9.97. The predicted octanol–water partition coefficient (Wildman–Crippen LogP) is 0.0746. The minimum absolute atomic E-state index is 0.0385. The van der Waals surface area contributed by atoms with Crippen LogP contribution >= 0.6 is 0 Å². The molecule has 2 aromatic rings. The maximum absolute atomic E-state index is 13.0. The molecule has 0 unspecified atom stereocenters. The number of hydrogen-bond donors (Lipinski definition) is 2. The van der Waals surface area contributed by atoms with Crippen LogP contribution in [-0.4, -0.2) is 58.8 Å². The van der Waals surface area contributed by atoms with E-state index in [-0.39, 0.29) is 38.4 Å². The number of amides is 2. The molecule has 0 spiro atoms. The summed E-state index contributed by atoms with van der Waals surface area (Å²) < 4.78 is 24.5. The molecule has 1 atom stereocenters. The van der Waals surface area contributed by atoms with Crippen LogP contribution in [0.25, 0.3) is 0 Å². The second kappa shape index (κ2) is 8.17. The number of H-pyrrole nitrogens is 1. The number of carbonyl (C=O) groups excluding carboxylic acids is 2. The highest BCUT2D eigenvalue weighted by molar-refractivity contribution is 5.92. The lowest BCUT2D eigenvalue weighted by Gasteiger charge is -2.41. The van der Waals surface area contributed by atoms with Crippen LogP contribution in [0.5, 0.6) is 5.75 Å². The van der Waals surface area contributed by atoms with E-state index in [9.17, 15) is 18.8 Å². The van der Waals surface area contributed by atoms with Crippen molar-refractivity contribution in [3.8, 4) is 5.75 Å². The van der Waals surface area contributed by atoms with Gasteiger partial charge in [0.05, 0.1) is 19.6 Å². The average molecular weight is 390 g/mol. The number of nitrogens with zero attached hydrogens (tertiary/aromatic N) is 2. The van der Waals surface area contributed by atoms with E-state index in [1.807, 2.05) is 0 Å². The van der Waals surface area contributed by atoms with Crippen molar-refractivity contribution in [2.75, 3.05) is 26.3 Å². The molecule has 1 fully saturated rings. The van der Waals surface area contributed by atoms with Gasteiger partial charge in [-0.15, -0.1) is 0 Å². The molecule has 2 heterocycles. The Hall–Kier alpha value is -3.27. The quantitative estimate of drug-likeness (QED) is 0.719. The normalized spacial score (nSPS) is 19.2. The van der Waals surface area contributed by atoms with Crippen LogP contribution in [0.1, 0.15) is 16.9 Å². The molecule has 1 aromatic carbocycles. The van der Waals surface area contributed by atoms with E-state index in [2.05, 4.69) is 10.2 Å². The van der Waals surface area contributed by atoms with Crippen molar-refractivity contribution in [1.82, 2.24) is 15.1 Å². The number of rotatable bonds is 6. The Morgan fingerprint density at radius 3 is 2.68 bits per heavy atom. The third-order valence-electron chi connectivity index (χ3n) is 4.25. The summed E-state index contributed by atoms with van der Waals surface area (Å²) in [7, 11) is 0. The molecule has 0 saturated carbocycles. The van der Waals surface area contributed by atoms with Gasteiger partial charge in [0.25, 0.3) is 11.5 Å². The number of aromatic nitrogens is 2. The summed E-state index contributed by atoms with van der Waals surface area (Å²) >= 11 is 0. The Kier molecular flexibility index (Phi) is 5.69. The lowest BCUT2D eigenvalue weighted by Crippen LogP contribution is -2.58. The van der Waals surface area contributed by atoms with Crippen LogP contribution in [0, 0.1) is 5.82 Å². The molecule has 1 saturated heterocycles. The Labute approximate surface area is 159 Å². The van der Waals surface area contributed by atoms with E-state index in [1.165, 1.54) is 41.3 Å².